The van der Waals surface area contributed by atoms with Gasteiger partial charge in [-0.15, -0.1) is 0 Å². The molecule has 1 aliphatic rings. The Labute approximate surface area is 115 Å². The first-order valence-electron chi connectivity index (χ1n) is 6.11. The van der Waals surface area contributed by atoms with Crippen molar-refractivity contribution in [1.29, 1.82) is 0 Å². The second-order valence-corrected chi connectivity index (χ2v) is 4.35. The van der Waals surface area contributed by atoms with Gasteiger partial charge >= 0.3 is 17.9 Å². The molecule has 1 heterocycles. The van der Waals surface area contributed by atoms with E-state index in [2.05, 4.69) is 0 Å². The second-order valence-electron chi connectivity index (χ2n) is 4.35. The van der Waals surface area contributed by atoms with Crippen molar-refractivity contribution in [3.05, 3.63) is 0 Å². The number of aliphatic hydroxyl groups is 1. The molecule has 20 heavy (non-hydrogen) atoms. The van der Waals surface area contributed by atoms with Gasteiger partial charge in [0.2, 0.25) is 6.29 Å². The lowest BCUT2D eigenvalue weighted by Gasteiger charge is -2.39. The van der Waals surface area contributed by atoms with Crippen molar-refractivity contribution in [2.24, 2.45) is 0 Å². The SMILES string of the molecule is CC(=O)OC1CC(OC(C)=O)C(OC(C)=O)C(CO)O1. The molecule has 0 aromatic carbocycles. The number of hydrogen-bond donors (Lipinski definition) is 1. The molecular weight excluding hydrogens is 272 g/mol. The summed E-state index contributed by atoms with van der Waals surface area (Å²) in [4.78, 5) is 33.1. The predicted octanol–water partition coefficient (Wildman–Crippen LogP) is -0.480. The van der Waals surface area contributed by atoms with Gasteiger partial charge in [-0.25, -0.2) is 0 Å². The van der Waals surface area contributed by atoms with Crippen LogP contribution >= 0.6 is 0 Å². The fourth-order valence-corrected chi connectivity index (χ4v) is 1.97. The summed E-state index contributed by atoms with van der Waals surface area (Å²) in [5, 5.41) is 9.28. The third-order valence-electron chi connectivity index (χ3n) is 2.58. The Bertz CT molecular complexity index is 380. The van der Waals surface area contributed by atoms with Crippen LogP contribution in [0.1, 0.15) is 27.2 Å². The predicted molar refractivity (Wildman–Crippen MR) is 63.2 cm³/mol. The average molecular weight is 290 g/mol. The van der Waals surface area contributed by atoms with Gasteiger partial charge in [-0.1, -0.05) is 0 Å². The average Bonchev–Trinajstić information content (AvgIpc) is 2.30. The quantitative estimate of drug-likeness (QED) is 0.546. The molecule has 0 radical (unpaired) electrons. The number of aliphatic hydroxyl groups excluding tert-OH is 1. The van der Waals surface area contributed by atoms with Gasteiger partial charge in [0.25, 0.3) is 0 Å². The fraction of sp³-hybridized carbons (Fsp3) is 0.750. The van der Waals surface area contributed by atoms with E-state index < -0.39 is 49.1 Å². The number of carbonyl (C=O) groups is 3. The standard InChI is InChI=1S/C12H18O8/c1-6(14)17-9-4-11(18-7(2)15)20-10(5-13)12(9)19-8(3)16/h9-13H,4-5H2,1-3H3. The van der Waals surface area contributed by atoms with Gasteiger partial charge in [0.05, 0.1) is 13.0 Å². The molecule has 8 heteroatoms. The normalized spacial score (nSPS) is 29.4. The lowest BCUT2D eigenvalue weighted by atomic mass is 10.0. The van der Waals surface area contributed by atoms with Gasteiger partial charge in [-0.05, 0) is 0 Å². The maximum Gasteiger partial charge on any atom is 0.304 e. The molecule has 1 rings (SSSR count). The topological polar surface area (TPSA) is 108 Å². The molecular formula is C12H18O8. The highest BCUT2D eigenvalue weighted by Crippen LogP contribution is 2.26. The first kappa shape index (κ1) is 16.4. The molecule has 1 N–H and O–H groups in total. The van der Waals surface area contributed by atoms with E-state index in [9.17, 15) is 19.5 Å². The van der Waals surface area contributed by atoms with Gasteiger partial charge in [0, 0.05) is 20.8 Å². The summed E-state index contributed by atoms with van der Waals surface area (Å²) >= 11 is 0. The van der Waals surface area contributed by atoms with E-state index in [0.29, 0.717) is 0 Å². The minimum Gasteiger partial charge on any atom is -0.458 e. The van der Waals surface area contributed by atoms with Crippen LogP contribution in [0.2, 0.25) is 0 Å². The van der Waals surface area contributed by atoms with E-state index in [-0.39, 0.29) is 6.42 Å². The van der Waals surface area contributed by atoms with Crippen LogP contribution in [0.15, 0.2) is 0 Å². The third kappa shape index (κ3) is 4.78. The van der Waals surface area contributed by atoms with Crippen LogP contribution in [0.5, 0.6) is 0 Å². The number of rotatable bonds is 4. The van der Waals surface area contributed by atoms with Gasteiger partial charge < -0.3 is 24.1 Å². The number of esters is 3. The maximum absolute atomic E-state index is 11.1. The highest BCUT2D eigenvalue weighted by Gasteiger charge is 2.43. The summed E-state index contributed by atoms with van der Waals surface area (Å²) in [6, 6.07) is 0. The molecule has 0 aromatic rings. The maximum atomic E-state index is 11.1. The van der Waals surface area contributed by atoms with Crippen molar-refractivity contribution >= 4 is 17.9 Å². The van der Waals surface area contributed by atoms with Crippen LogP contribution in [0.3, 0.4) is 0 Å². The first-order chi connectivity index (χ1) is 9.33. The zero-order chi connectivity index (χ0) is 15.3. The van der Waals surface area contributed by atoms with E-state index in [1.807, 2.05) is 0 Å². The lowest BCUT2D eigenvalue weighted by molar-refractivity contribution is -0.258. The number of ether oxygens (including phenoxy) is 4. The molecule has 1 saturated heterocycles. The molecule has 0 saturated carbocycles. The number of hydrogen-bond acceptors (Lipinski definition) is 8. The smallest absolute Gasteiger partial charge is 0.304 e. The monoisotopic (exact) mass is 290 g/mol. The third-order valence-corrected chi connectivity index (χ3v) is 2.58. The van der Waals surface area contributed by atoms with Crippen molar-refractivity contribution in [1.82, 2.24) is 0 Å². The molecule has 0 aromatic heterocycles. The highest BCUT2D eigenvalue weighted by molar-refractivity contribution is 5.67. The summed E-state index contributed by atoms with van der Waals surface area (Å²) in [6.45, 7) is 3.12. The van der Waals surface area contributed by atoms with Crippen molar-refractivity contribution in [2.75, 3.05) is 6.61 Å². The Morgan fingerprint density at radius 3 is 2.05 bits per heavy atom. The largest absolute Gasteiger partial charge is 0.458 e. The van der Waals surface area contributed by atoms with E-state index in [4.69, 9.17) is 18.9 Å². The van der Waals surface area contributed by atoms with Gasteiger partial charge in [-0.3, -0.25) is 14.4 Å². The zero-order valence-corrected chi connectivity index (χ0v) is 11.5. The van der Waals surface area contributed by atoms with Crippen molar-refractivity contribution in [3.8, 4) is 0 Å². The van der Waals surface area contributed by atoms with Crippen LogP contribution in [0.4, 0.5) is 0 Å². The van der Waals surface area contributed by atoms with E-state index in [0.717, 1.165) is 0 Å². The lowest BCUT2D eigenvalue weighted by Crippen LogP contribution is -2.54. The highest BCUT2D eigenvalue weighted by atomic mass is 16.7. The molecule has 8 nitrogen and oxygen atoms in total. The van der Waals surface area contributed by atoms with Crippen molar-refractivity contribution in [2.45, 2.75) is 51.8 Å². The van der Waals surface area contributed by atoms with Gasteiger partial charge in [0.1, 0.15) is 12.2 Å². The summed E-state index contributed by atoms with van der Waals surface area (Å²) in [6.07, 6.45) is -3.70. The van der Waals surface area contributed by atoms with E-state index in [1.165, 1.54) is 20.8 Å². The molecule has 4 unspecified atom stereocenters. The van der Waals surface area contributed by atoms with Crippen LogP contribution in [-0.2, 0) is 33.3 Å². The van der Waals surface area contributed by atoms with Crippen molar-refractivity contribution < 1.29 is 38.4 Å². The zero-order valence-electron chi connectivity index (χ0n) is 11.5. The minimum absolute atomic E-state index is 0.0214. The van der Waals surface area contributed by atoms with Crippen molar-refractivity contribution in [3.63, 3.8) is 0 Å². The fourth-order valence-electron chi connectivity index (χ4n) is 1.97. The molecule has 1 fully saturated rings. The van der Waals surface area contributed by atoms with E-state index >= 15 is 0 Å². The Kier molecular flexibility index (Phi) is 5.90. The Balaban J connectivity index is 2.86. The Morgan fingerprint density at radius 2 is 1.60 bits per heavy atom. The molecule has 0 bridgehead atoms. The first-order valence-corrected chi connectivity index (χ1v) is 6.11. The summed E-state index contributed by atoms with van der Waals surface area (Å²) in [7, 11) is 0. The Morgan fingerprint density at radius 1 is 1.05 bits per heavy atom. The molecule has 4 atom stereocenters. The second kappa shape index (κ2) is 7.20. The Hall–Kier alpha value is -1.67. The minimum atomic E-state index is -0.971. The van der Waals surface area contributed by atoms with Crippen LogP contribution in [0.25, 0.3) is 0 Å². The summed E-state index contributed by atoms with van der Waals surface area (Å²) < 4.78 is 20.3. The molecule has 1 aliphatic heterocycles. The molecule has 0 amide bonds. The van der Waals surface area contributed by atoms with Crippen LogP contribution in [-0.4, -0.2) is 54.2 Å². The van der Waals surface area contributed by atoms with Crippen LogP contribution in [0, 0.1) is 0 Å². The summed E-state index contributed by atoms with van der Waals surface area (Å²) in [5.41, 5.74) is 0. The number of carbonyl (C=O) groups excluding carboxylic acids is 3. The van der Waals surface area contributed by atoms with Gasteiger partial charge in [-0.2, -0.15) is 0 Å². The molecule has 0 spiro atoms. The van der Waals surface area contributed by atoms with Crippen LogP contribution < -0.4 is 0 Å². The van der Waals surface area contributed by atoms with Gasteiger partial charge in [0.15, 0.2) is 6.10 Å². The molecule has 114 valence electrons. The molecule has 0 aliphatic carbocycles. The van der Waals surface area contributed by atoms with E-state index in [1.54, 1.807) is 0 Å². The summed E-state index contributed by atoms with van der Waals surface area (Å²) in [5.74, 6) is -1.74.